The Hall–Kier alpha value is -2.66. The lowest BCUT2D eigenvalue weighted by molar-refractivity contribution is -0.128. The number of aryl methyl sites for hydroxylation is 1. The van der Waals surface area contributed by atoms with Crippen LogP contribution in [0.15, 0.2) is 54.6 Å². The zero-order valence-electron chi connectivity index (χ0n) is 14.8. The first kappa shape index (κ1) is 16.8. The molecule has 5 heteroatoms. The Labute approximate surface area is 152 Å². The van der Waals surface area contributed by atoms with Gasteiger partial charge in [0.05, 0.1) is 23.1 Å². The van der Waals surface area contributed by atoms with Gasteiger partial charge in [0.15, 0.2) is 0 Å². The molecule has 0 saturated heterocycles. The summed E-state index contributed by atoms with van der Waals surface area (Å²) in [7, 11) is 1.97. The predicted octanol–water partition coefficient (Wildman–Crippen LogP) is 2.94. The largest absolute Gasteiger partial charge is 0.392 e. The molecule has 2 aromatic carbocycles. The summed E-state index contributed by atoms with van der Waals surface area (Å²) in [5.41, 5.74) is 2.91. The molecule has 1 aliphatic rings. The number of carbonyl (C=O) groups excluding carboxylic acids is 1. The minimum absolute atomic E-state index is 0.101. The van der Waals surface area contributed by atoms with Crippen LogP contribution in [0.3, 0.4) is 0 Å². The lowest BCUT2D eigenvalue weighted by Crippen LogP contribution is -2.38. The molecule has 3 atom stereocenters. The summed E-state index contributed by atoms with van der Waals surface area (Å²) in [6.07, 6.45) is 1.77. The van der Waals surface area contributed by atoms with Crippen LogP contribution in [0.25, 0.3) is 11.0 Å². The van der Waals surface area contributed by atoms with Crippen LogP contribution in [-0.2, 0) is 11.8 Å². The molecule has 0 bridgehead atoms. The summed E-state index contributed by atoms with van der Waals surface area (Å²) in [5, 5.41) is 13.2. The van der Waals surface area contributed by atoms with Crippen molar-refractivity contribution in [3.8, 4) is 0 Å². The number of rotatable bonds is 4. The Kier molecular flexibility index (Phi) is 4.47. The number of carbonyl (C=O) groups is 1. The third kappa shape index (κ3) is 2.99. The van der Waals surface area contributed by atoms with Crippen molar-refractivity contribution in [1.82, 2.24) is 14.9 Å². The van der Waals surface area contributed by atoms with E-state index in [0.717, 1.165) is 35.3 Å². The average Bonchev–Trinajstić information content (AvgIpc) is 3.24. The fourth-order valence-corrected chi connectivity index (χ4v) is 3.86. The Bertz CT molecular complexity index is 919. The van der Waals surface area contributed by atoms with E-state index in [2.05, 4.69) is 5.32 Å². The van der Waals surface area contributed by atoms with Gasteiger partial charge in [-0.25, -0.2) is 4.98 Å². The number of imidazole rings is 1. The molecule has 3 aromatic rings. The van der Waals surface area contributed by atoms with Crippen molar-refractivity contribution < 1.29 is 9.90 Å². The SMILES string of the molecule is Cn1c(C(NC(=O)C2CCCC2O)c2ccccc2)nc2ccccc21. The smallest absolute Gasteiger partial charge is 0.226 e. The minimum Gasteiger partial charge on any atom is -0.392 e. The number of para-hydroxylation sites is 2. The van der Waals surface area contributed by atoms with E-state index in [4.69, 9.17) is 4.98 Å². The lowest BCUT2D eigenvalue weighted by atomic mass is 10.0. The normalized spacial score (nSPS) is 21.0. The van der Waals surface area contributed by atoms with Gasteiger partial charge in [-0.05, 0) is 37.0 Å². The molecule has 3 unspecified atom stereocenters. The number of amides is 1. The van der Waals surface area contributed by atoms with E-state index in [1.807, 2.05) is 66.2 Å². The van der Waals surface area contributed by atoms with Crippen LogP contribution >= 0.6 is 0 Å². The van der Waals surface area contributed by atoms with E-state index in [1.165, 1.54) is 0 Å². The number of nitrogens with one attached hydrogen (secondary N) is 1. The molecule has 1 aromatic heterocycles. The fourth-order valence-electron chi connectivity index (χ4n) is 3.86. The molecule has 1 fully saturated rings. The van der Waals surface area contributed by atoms with Crippen molar-refractivity contribution in [3.63, 3.8) is 0 Å². The zero-order valence-corrected chi connectivity index (χ0v) is 14.8. The molecule has 134 valence electrons. The van der Waals surface area contributed by atoms with Gasteiger partial charge in [-0.3, -0.25) is 4.79 Å². The zero-order chi connectivity index (χ0) is 18.1. The molecule has 4 rings (SSSR count). The van der Waals surface area contributed by atoms with E-state index in [1.54, 1.807) is 0 Å². The maximum atomic E-state index is 12.8. The summed E-state index contributed by atoms with van der Waals surface area (Å²) >= 11 is 0. The highest BCUT2D eigenvalue weighted by atomic mass is 16.3. The third-order valence-corrected chi connectivity index (χ3v) is 5.32. The van der Waals surface area contributed by atoms with E-state index >= 15 is 0 Å². The highest BCUT2D eigenvalue weighted by Crippen LogP contribution is 2.29. The second-order valence-electron chi connectivity index (χ2n) is 6.97. The van der Waals surface area contributed by atoms with E-state index in [-0.39, 0.29) is 17.9 Å². The summed E-state index contributed by atoms with van der Waals surface area (Å²) < 4.78 is 2.03. The lowest BCUT2D eigenvalue weighted by Gasteiger charge is -2.22. The van der Waals surface area contributed by atoms with Gasteiger partial charge >= 0.3 is 0 Å². The van der Waals surface area contributed by atoms with Crippen molar-refractivity contribution in [2.24, 2.45) is 13.0 Å². The quantitative estimate of drug-likeness (QED) is 0.761. The van der Waals surface area contributed by atoms with E-state index in [9.17, 15) is 9.90 Å². The first-order valence-corrected chi connectivity index (χ1v) is 9.10. The van der Waals surface area contributed by atoms with Crippen molar-refractivity contribution in [2.45, 2.75) is 31.4 Å². The maximum Gasteiger partial charge on any atom is 0.226 e. The molecular weight excluding hydrogens is 326 g/mol. The molecule has 1 amide bonds. The molecular formula is C21H23N3O2. The molecule has 0 spiro atoms. The van der Waals surface area contributed by atoms with Crippen LogP contribution in [0.1, 0.15) is 36.7 Å². The van der Waals surface area contributed by atoms with Gasteiger partial charge in [0, 0.05) is 7.05 Å². The summed E-state index contributed by atoms with van der Waals surface area (Å²) in [6, 6.07) is 17.5. The first-order valence-electron chi connectivity index (χ1n) is 9.10. The minimum atomic E-state index is -0.549. The molecule has 1 aliphatic carbocycles. The highest BCUT2D eigenvalue weighted by molar-refractivity contribution is 5.81. The monoisotopic (exact) mass is 349 g/mol. The van der Waals surface area contributed by atoms with Gasteiger partial charge in [-0.15, -0.1) is 0 Å². The van der Waals surface area contributed by atoms with Gasteiger partial charge in [-0.1, -0.05) is 42.5 Å². The number of aliphatic hydroxyl groups excluding tert-OH is 1. The van der Waals surface area contributed by atoms with Gasteiger partial charge in [-0.2, -0.15) is 0 Å². The number of nitrogens with zero attached hydrogens (tertiary/aromatic N) is 2. The Morgan fingerprint density at radius 1 is 1.15 bits per heavy atom. The molecule has 1 heterocycles. The topological polar surface area (TPSA) is 67.2 Å². The number of hydrogen-bond donors (Lipinski definition) is 2. The Morgan fingerprint density at radius 3 is 2.58 bits per heavy atom. The van der Waals surface area contributed by atoms with Crippen LogP contribution in [0.5, 0.6) is 0 Å². The van der Waals surface area contributed by atoms with Crippen molar-refractivity contribution in [3.05, 3.63) is 66.0 Å². The van der Waals surface area contributed by atoms with Crippen LogP contribution in [-0.4, -0.2) is 26.7 Å². The number of aromatic nitrogens is 2. The van der Waals surface area contributed by atoms with Crippen molar-refractivity contribution in [1.29, 1.82) is 0 Å². The van der Waals surface area contributed by atoms with Crippen molar-refractivity contribution >= 4 is 16.9 Å². The second-order valence-corrected chi connectivity index (χ2v) is 6.97. The van der Waals surface area contributed by atoms with Gasteiger partial charge in [0.25, 0.3) is 0 Å². The van der Waals surface area contributed by atoms with E-state index < -0.39 is 6.10 Å². The van der Waals surface area contributed by atoms with Gasteiger partial charge in [0.2, 0.25) is 5.91 Å². The Morgan fingerprint density at radius 2 is 1.88 bits per heavy atom. The van der Waals surface area contributed by atoms with Crippen LogP contribution in [0.4, 0.5) is 0 Å². The standard InChI is InChI=1S/C21H23N3O2/c1-24-17-12-6-5-11-16(17)22-20(24)19(14-8-3-2-4-9-14)23-21(26)15-10-7-13-18(15)25/h2-6,8-9,11-12,15,18-19,25H,7,10,13H2,1H3,(H,23,26). The summed E-state index contributed by atoms with van der Waals surface area (Å²) in [4.78, 5) is 17.6. The maximum absolute atomic E-state index is 12.8. The summed E-state index contributed by atoms with van der Waals surface area (Å²) in [6.45, 7) is 0. The predicted molar refractivity (Wildman–Crippen MR) is 100 cm³/mol. The molecule has 0 radical (unpaired) electrons. The summed E-state index contributed by atoms with van der Waals surface area (Å²) in [5.74, 6) is 0.352. The average molecular weight is 349 g/mol. The molecule has 26 heavy (non-hydrogen) atoms. The highest BCUT2D eigenvalue weighted by Gasteiger charge is 2.33. The molecule has 1 saturated carbocycles. The fraction of sp³-hybridized carbons (Fsp3) is 0.333. The van der Waals surface area contributed by atoms with Crippen LogP contribution in [0.2, 0.25) is 0 Å². The number of fused-ring (bicyclic) bond motifs is 1. The van der Waals surface area contributed by atoms with Crippen LogP contribution in [0, 0.1) is 5.92 Å². The first-order chi connectivity index (χ1) is 12.6. The second kappa shape index (κ2) is 6.92. The molecule has 0 aliphatic heterocycles. The van der Waals surface area contributed by atoms with Gasteiger partial charge in [0.1, 0.15) is 11.9 Å². The number of aliphatic hydroxyl groups is 1. The number of hydrogen-bond acceptors (Lipinski definition) is 3. The third-order valence-electron chi connectivity index (χ3n) is 5.32. The number of benzene rings is 2. The van der Waals surface area contributed by atoms with Gasteiger partial charge < -0.3 is 15.0 Å². The van der Waals surface area contributed by atoms with Crippen LogP contribution < -0.4 is 5.32 Å². The van der Waals surface area contributed by atoms with Crippen molar-refractivity contribution in [2.75, 3.05) is 0 Å². The molecule has 5 nitrogen and oxygen atoms in total. The molecule has 2 N–H and O–H groups in total. The van der Waals surface area contributed by atoms with E-state index in [0.29, 0.717) is 6.42 Å². The Balaban J connectivity index is 1.73.